The van der Waals surface area contributed by atoms with Crippen LogP contribution in [0.3, 0.4) is 0 Å². The highest BCUT2D eigenvalue weighted by Gasteiger charge is 2.03. The average Bonchev–Trinajstić information content (AvgIpc) is 2.37. The van der Waals surface area contributed by atoms with Crippen LogP contribution in [0.25, 0.3) is 0 Å². The summed E-state index contributed by atoms with van der Waals surface area (Å²) in [5, 5.41) is 2.62. The van der Waals surface area contributed by atoms with Crippen LogP contribution in [0.5, 0.6) is 0 Å². The van der Waals surface area contributed by atoms with E-state index in [1.165, 1.54) is 0 Å². The first-order chi connectivity index (χ1) is 8.22. The van der Waals surface area contributed by atoms with Crippen LogP contribution in [0.2, 0.25) is 0 Å². The monoisotopic (exact) mass is 237 g/mol. The Labute approximate surface area is 101 Å². The van der Waals surface area contributed by atoms with Crippen molar-refractivity contribution in [2.24, 2.45) is 11.5 Å². The fourth-order valence-corrected chi connectivity index (χ4v) is 1.25. The fourth-order valence-electron chi connectivity index (χ4n) is 1.25. The van der Waals surface area contributed by atoms with Gasteiger partial charge in [0.2, 0.25) is 0 Å². The van der Waals surface area contributed by atoms with E-state index >= 15 is 0 Å². The number of hydrogen-bond donors (Lipinski definition) is 3. The van der Waals surface area contributed by atoms with Gasteiger partial charge in [-0.05, 0) is 12.0 Å². The zero-order valence-corrected chi connectivity index (χ0v) is 9.76. The molecule has 0 bridgehead atoms. The standard InChI is InChI=1S/C12H19N3O2/c13-8-11(14)6-7-15-12(16)17-9-10-4-2-1-3-5-10/h1-5,11H,6-9,13-14H2,(H,15,16). The van der Waals surface area contributed by atoms with E-state index in [0.29, 0.717) is 19.5 Å². The quantitative estimate of drug-likeness (QED) is 0.675. The third kappa shape index (κ3) is 5.89. The second-order valence-electron chi connectivity index (χ2n) is 3.77. The Morgan fingerprint density at radius 2 is 2.06 bits per heavy atom. The molecule has 0 aromatic heterocycles. The SMILES string of the molecule is NCC(N)CCNC(=O)OCc1ccccc1. The van der Waals surface area contributed by atoms with Crippen LogP contribution in [0.4, 0.5) is 4.79 Å². The minimum absolute atomic E-state index is 0.0792. The number of alkyl carbamates (subject to hydrolysis) is 1. The number of benzene rings is 1. The summed E-state index contributed by atoms with van der Waals surface area (Å²) < 4.78 is 5.02. The summed E-state index contributed by atoms with van der Waals surface area (Å²) in [4.78, 5) is 11.3. The molecule has 17 heavy (non-hydrogen) atoms. The first kappa shape index (κ1) is 13.5. The van der Waals surface area contributed by atoms with E-state index in [2.05, 4.69) is 5.32 Å². The summed E-state index contributed by atoms with van der Waals surface area (Å²) in [6, 6.07) is 9.44. The lowest BCUT2D eigenvalue weighted by atomic mass is 10.2. The molecule has 0 spiro atoms. The van der Waals surface area contributed by atoms with Crippen molar-refractivity contribution in [3.63, 3.8) is 0 Å². The van der Waals surface area contributed by atoms with E-state index in [-0.39, 0.29) is 12.6 Å². The highest BCUT2D eigenvalue weighted by molar-refractivity contribution is 5.67. The Balaban J connectivity index is 2.13. The van der Waals surface area contributed by atoms with Crippen LogP contribution in [-0.4, -0.2) is 25.2 Å². The largest absolute Gasteiger partial charge is 0.445 e. The first-order valence-corrected chi connectivity index (χ1v) is 5.62. The number of nitrogens with one attached hydrogen (secondary N) is 1. The van der Waals surface area contributed by atoms with Crippen LogP contribution < -0.4 is 16.8 Å². The molecule has 5 heteroatoms. The van der Waals surface area contributed by atoms with Gasteiger partial charge in [0.05, 0.1) is 0 Å². The lowest BCUT2D eigenvalue weighted by Gasteiger charge is -2.10. The van der Waals surface area contributed by atoms with E-state index in [1.54, 1.807) is 0 Å². The lowest BCUT2D eigenvalue weighted by molar-refractivity contribution is 0.139. The molecule has 0 fully saturated rings. The minimum atomic E-state index is -0.432. The van der Waals surface area contributed by atoms with E-state index in [9.17, 15) is 4.79 Å². The number of carbonyl (C=O) groups excluding carboxylic acids is 1. The van der Waals surface area contributed by atoms with Crippen molar-refractivity contribution >= 4 is 6.09 Å². The third-order valence-electron chi connectivity index (χ3n) is 2.30. The number of ether oxygens (including phenoxy) is 1. The van der Waals surface area contributed by atoms with Gasteiger partial charge in [0.1, 0.15) is 6.61 Å². The van der Waals surface area contributed by atoms with Crippen LogP contribution in [0.15, 0.2) is 30.3 Å². The summed E-state index contributed by atoms with van der Waals surface area (Å²) in [5.74, 6) is 0. The molecule has 0 heterocycles. The van der Waals surface area contributed by atoms with Gasteiger partial charge in [-0.1, -0.05) is 30.3 Å². The van der Waals surface area contributed by atoms with Crippen LogP contribution in [-0.2, 0) is 11.3 Å². The Kier molecular flexibility index (Phi) is 6.06. The zero-order valence-electron chi connectivity index (χ0n) is 9.76. The molecule has 0 radical (unpaired) electrons. The molecular weight excluding hydrogens is 218 g/mol. The lowest BCUT2D eigenvalue weighted by Crippen LogP contribution is -2.35. The van der Waals surface area contributed by atoms with Crippen LogP contribution >= 0.6 is 0 Å². The molecule has 1 rings (SSSR count). The Bertz CT molecular complexity index is 330. The predicted molar refractivity (Wildman–Crippen MR) is 66.3 cm³/mol. The number of hydrogen-bond acceptors (Lipinski definition) is 4. The van der Waals surface area contributed by atoms with Crippen molar-refractivity contribution < 1.29 is 9.53 Å². The van der Waals surface area contributed by atoms with Gasteiger partial charge in [-0.15, -0.1) is 0 Å². The van der Waals surface area contributed by atoms with E-state index < -0.39 is 6.09 Å². The Morgan fingerprint density at radius 3 is 2.71 bits per heavy atom. The van der Waals surface area contributed by atoms with Gasteiger partial charge in [0.15, 0.2) is 0 Å². The molecule has 0 aliphatic carbocycles. The van der Waals surface area contributed by atoms with Crippen LogP contribution in [0.1, 0.15) is 12.0 Å². The molecule has 0 aliphatic heterocycles. The molecule has 0 aliphatic rings. The maximum absolute atomic E-state index is 11.3. The van der Waals surface area contributed by atoms with E-state index in [1.807, 2.05) is 30.3 Å². The van der Waals surface area contributed by atoms with Gasteiger partial charge in [0.25, 0.3) is 0 Å². The molecule has 5 N–H and O–H groups in total. The van der Waals surface area contributed by atoms with Crippen molar-refractivity contribution in [3.05, 3.63) is 35.9 Å². The summed E-state index contributed by atoms with van der Waals surface area (Å²) in [6.45, 7) is 1.17. The number of nitrogens with two attached hydrogens (primary N) is 2. The molecule has 1 aromatic rings. The van der Waals surface area contributed by atoms with Gasteiger partial charge in [0, 0.05) is 19.1 Å². The normalized spacial score (nSPS) is 11.9. The van der Waals surface area contributed by atoms with Gasteiger partial charge in [-0.25, -0.2) is 4.79 Å². The maximum atomic E-state index is 11.3. The first-order valence-electron chi connectivity index (χ1n) is 5.62. The molecule has 1 unspecified atom stereocenters. The maximum Gasteiger partial charge on any atom is 0.407 e. The minimum Gasteiger partial charge on any atom is -0.445 e. The average molecular weight is 237 g/mol. The summed E-state index contributed by atoms with van der Waals surface area (Å²) in [7, 11) is 0. The topological polar surface area (TPSA) is 90.4 Å². The molecule has 5 nitrogen and oxygen atoms in total. The zero-order chi connectivity index (χ0) is 12.5. The third-order valence-corrected chi connectivity index (χ3v) is 2.30. The highest BCUT2D eigenvalue weighted by atomic mass is 16.5. The van der Waals surface area contributed by atoms with Crippen molar-refractivity contribution in [2.75, 3.05) is 13.1 Å². The smallest absolute Gasteiger partial charge is 0.407 e. The van der Waals surface area contributed by atoms with Crippen LogP contribution in [0, 0.1) is 0 Å². The number of rotatable bonds is 6. The summed E-state index contributed by atoms with van der Waals surface area (Å²) in [5.41, 5.74) is 11.9. The summed E-state index contributed by atoms with van der Waals surface area (Å²) >= 11 is 0. The van der Waals surface area contributed by atoms with Gasteiger partial charge in [-0.2, -0.15) is 0 Å². The highest BCUT2D eigenvalue weighted by Crippen LogP contribution is 2.00. The predicted octanol–water partition coefficient (Wildman–Crippen LogP) is 0.589. The van der Waals surface area contributed by atoms with Crippen molar-refractivity contribution in [2.45, 2.75) is 19.1 Å². The molecule has 94 valence electrons. The van der Waals surface area contributed by atoms with E-state index in [0.717, 1.165) is 5.56 Å². The van der Waals surface area contributed by atoms with E-state index in [4.69, 9.17) is 16.2 Å². The second-order valence-corrected chi connectivity index (χ2v) is 3.77. The van der Waals surface area contributed by atoms with Crippen molar-refractivity contribution in [3.8, 4) is 0 Å². The van der Waals surface area contributed by atoms with Gasteiger partial charge >= 0.3 is 6.09 Å². The molecular formula is C12H19N3O2. The van der Waals surface area contributed by atoms with Gasteiger partial charge < -0.3 is 21.5 Å². The molecule has 0 saturated heterocycles. The second kappa shape index (κ2) is 7.65. The van der Waals surface area contributed by atoms with Crippen molar-refractivity contribution in [1.29, 1.82) is 0 Å². The molecule has 1 amide bonds. The number of carbonyl (C=O) groups is 1. The van der Waals surface area contributed by atoms with Gasteiger partial charge in [-0.3, -0.25) is 0 Å². The Morgan fingerprint density at radius 1 is 1.35 bits per heavy atom. The fraction of sp³-hybridized carbons (Fsp3) is 0.417. The molecule has 1 atom stereocenters. The molecule has 1 aromatic carbocycles. The molecule has 0 saturated carbocycles. The number of amides is 1. The van der Waals surface area contributed by atoms with Crippen molar-refractivity contribution in [1.82, 2.24) is 5.32 Å². The summed E-state index contributed by atoms with van der Waals surface area (Å²) in [6.07, 6.45) is 0.217. The Hall–Kier alpha value is -1.59.